The highest BCUT2D eigenvalue weighted by Gasteiger charge is 2.02. The van der Waals surface area contributed by atoms with E-state index in [-0.39, 0.29) is 0 Å². The molecule has 0 spiro atoms. The zero-order valence-corrected chi connectivity index (χ0v) is 9.52. The molecular formula is C11H10Cl2N2. The molecular weight excluding hydrogens is 231 g/mol. The lowest BCUT2D eigenvalue weighted by Crippen LogP contribution is -1.92. The van der Waals surface area contributed by atoms with Crippen LogP contribution in [-0.2, 0) is 12.3 Å². The lowest BCUT2D eigenvalue weighted by molar-refractivity contribution is 1.02. The molecule has 0 aliphatic carbocycles. The molecule has 2 rings (SSSR count). The van der Waals surface area contributed by atoms with Crippen LogP contribution in [0.25, 0.3) is 0 Å². The lowest BCUT2D eigenvalue weighted by atomic mass is 10.1. The van der Waals surface area contributed by atoms with Gasteiger partial charge in [0.05, 0.1) is 0 Å². The number of aromatic amines is 1. The number of hydrogen-bond donors (Lipinski definition) is 1. The summed E-state index contributed by atoms with van der Waals surface area (Å²) >= 11 is 11.8. The van der Waals surface area contributed by atoms with Crippen molar-refractivity contribution in [2.24, 2.45) is 0 Å². The first kappa shape index (κ1) is 10.5. The standard InChI is InChI=1S/C11H10Cl2N2/c12-7-9-3-8(4-10(13)5-9)6-11-14-1-2-15-11/h1-5H,6-7H2,(H,14,15). The van der Waals surface area contributed by atoms with Crippen molar-refractivity contribution in [3.63, 3.8) is 0 Å². The summed E-state index contributed by atoms with van der Waals surface area (Å²) in [7, 11) is 0. The van der Waals surface area contributed by atoms with Crippen LogP contribution < -0.4 is 0 Å². The first-order chi connectivity index (χ1) is 7.28. The Hall–Kier alpha value is -0.990. The molecule has 1 heterocycles. The minimum atomic E-state index is 0.478. The quantitative estimate of drug-likeness (QED) is 0.819. The van der Waals surface area contributed by atoms with Gasteiger partial charge in [-0.15, -0.1) is 11.6 Å². The number of aromatic nitrogens is 2. The van der Waals surface area contributed by atoms with Gasteiger partial charge in [0.25, 0.3) is 0 Å². The Bertz CT molecular complexity index is 438. The average Bonchev–Trinajstić information content (AvgIpc) is 2.69. The van der Waals surface area contributed by atoms with Crippen LogP contribution in [0.2, 0.25) is 5.02 Å². The van der Waals surface area contributed by atoms with E-state index in [2.05, 4.69) is 9.97 Å². The highest BCUT2D eigenvalue weighted by atomic mass is 35.5. The van der Waals surface area contributed by atoms with E-state index < -0.39 is 0 Å². The zero-order chi connectivity index (χ0) is 10.7. The second-order valence-corrected chi connectivity index (χ2v) is 4.02. The molecule has 78 valence electrons. The second-order valence-electron chi connectivity index (χ2n) is 3.31. The molecule has 0 unspecified atom stereocenters. The molecule has 0 aliphatic heterocycles. The third kappa shape index (κ3) is 2.74. The number of hydrogen-bond acceptors (Lipinski definition) is 1. The number of nitrogens with one attached hydrogen (secondary N) is 1. The Kier molecular flexibility index (Phi) is 3.29. The Labute approximate surface area is 98.3 Å². The Balaban J connectivity index is 2.24. The number of nitrogens with zero attached hydrogens (tertiary/aromatic N) is 1. The smallest absolute Gasteiger partial charge is 0.110 e. The summed E-state index contributed by atoms with van der Waals surface area (Å²) in [4.78, 5) is 7.22. The molecule has 0 bridgehead atoms. The summed E-state index contributed by atoms with van der Waals surface area (Å²) in [6.07, 6.45) is 4.29. The van der Waals surface area contributed by atoms with Crippen LogP contribution in [-0.4, -0.2) is 9.97 Å². The molecule has 0 fully saturated rings. The molecule has 0 amide bonds. The number of benzene rings is 1. The fraction of sp³-hybridized carbons (Fsp3) is 0.182. The molecule has 1 N–H and O–H groups in total. The number of rotatable bonds is 3. The van der Waals surface area contributed by atoms with E-state index in [1.54, 1.807) is 6.20 Å². The third-order valence-electron chi connectivity index (χ3n) is 2.10. The molecule has 0 atom stereocenters. The number of imidazole rings is 1. The maximum atomic E-state index is 5.98. The van der Waals surface area contributed by atoms with Gasteiger partial charge in [-0.2, -0.15) is 0 Å². The van der Waals surface area contributed by atoms with Crippen LogP contribution in [0.3, 0.4) is 0 Å². The highest BCUT2D eigenvalue weighted by Crippen LogP contribution is 2.18. The summed E-state index contributed by atoms with van der Waals surface area (Å²) < 4.78 is 0. The molecule has 1 aromatic carbocycles. The van der Waals surface area contributed by atoms with Gasteiger partial charge in [-0.25, -0.2) is 4.98 Å². The van der Waals surface area contributed by atoms with Crippen LogP contribution >= 0.6 is 23.2 Å². The predicted octanol–water partition coefficient (Wildman–Crippen LogP) is 3.39. The van der Waals surface area contributed by atoms with Crippen LogP contribution in [0.15, 0.2) is 30.6 Å². The van der Waals surface area contributed by atoms with Gasteiger partial charge in [0.15, 0.2) is 0 Å². The first-order valence-electron chi connectivity index (χ1n) is 4.60. The highest BCUT2D eigenvalue weighted by molar-refractivity contribution is 6.30. The minimum absolute atomic E-state index is 0.478. The molecule has 4 heteroatoms. The fourth-order valence-electron chi connectivity index (χ4n) is 1.48. The predicted molar refractivity (Wildman–Crippen MR) is 62.4 cm³/mol. The maximum absolute atomic E-state index is 5.98. The van der Waals surface area contributed by atoms with Gasteiger partial charge < -0.3 is 4.98 Å². The van der Waals surface area contributed by atoms with Crippen molar-refractivity contribution in [2.45, 2.75) is 12.3 Å². The molecule has 0 saturated carbocycles. The molecule has 2 aromatic rings. The Morgan fingerprint density at radius 1 is 1.20 bits per heavy atom. The topological polar surface area (TPSA) is 28.7 Å². The van der Waals surface area contributed by atoms with Gasteiger partial charge in [-0.05, 0) is 23.3 Å². The van der Waals surface area contributed by atoms with E-state index in [4.69, 9.17) is 23.2 Å². The summed E-state index contributed by atoms with van der Waals surface area (Å²) in [6.45, 7) is 0. The summed E-state index contributed by atoms with van der Waals surface area (Å²) in [5.41, 5.74) is 2.15. The molecule has 1 aromatic heterocycles. The van der Waals surface area contributed by atoms with Crippen molar-refractivity contribution in [3.05, 3.63) is 52.6 Å². The SMILES string of the molecule is ClCc1cc(Cl)cc(Cc2ncc[nH]2)c1. The van der Waals surface area contributed by atoms with Crippen LogP contribution in [0.1, 0.15) is 17.0 Å². The largest absolute Gasteiger partial charge is 0.348 e. The van der Waals surface area contributed by atoms with E-state index in [0.29, 0.717) is 5.88 Å². The van der Waals surface area contributed by atoms with Gasteiger partial charge in [-0.3, -0.25) is 0 Å². The van der Waals surface area contributed by atoms with Crippen LogP contribution in [0.4, 0.5) is 0 Å². The lowest BCUT2D eigenvalue weighted by Gasteiger charge is -2.03. The van der Waals surface area contributed by atoms with E-state index in [1.807, 2.05) is 24.4 Å². The van der Waals surface area contributed by atoms with Crippen molar-refractivity contribution < 1.29 is 0 Å². The van der Waals surface area contributed by atoms with E-state index in [0.717, 1.165) is 28.4 Å². The van der Waals surface area contributed by atoms with Crippen LogP contribution in [0.5, 0.6) is 0 Å². The Morgan fingerprint density at radius 2 is 2.00 bits per heavy atom. The van der Waals surface area contributed by atoms with E-state index in [9.17, 15) is 0 Å². The van der Waals surface area contributed by atoms with E-state index >= 15 is 0 Å². The van der Waals surface area contributed by atoms with Crippen molar-refractivity contribution in [1.82, 2.24) is 9.97 Å². The number of halogens is 2. The van der Waals surface area contributed by atoms with Gasteiger partial charge in [0.1, 0.15) is 5.82 Å². The van der Waals surface area contributed by atoms with Gasteiger partial charge >= 0.3 is 0 Å². The molecule has 2 nitrogen and oxygen atoms in total. The zero-order valence-electron chi connectivity index (χ0n) is 8.00. The van der Waals surface area contributed by atoms with Gasteiger partial charge in [-0.1, -0.05) is 17.7 Å². The van der Waals surface area contributed by atoms with Crippen molar-refractivity contribution in [3.8, 4) is 0 Å². The summed E-state index contributed by atoms with van der Waals surface area (Å²) in [5.74, 6) is 1.41. The Morgan fingerprint density at radius 3 is 2.67 bits per heavy atom. The summed E-state index contributed by atoms with van der Waals surface area (Å²) in [5, 5.41) is 0.717. The first-order valence-corrected chi connectivity index (χ1v) is 5.52. The summed E-state index contributed by atoms with van der Waals surface area (Å²) in [6, 6.07) is 5.85. The number of alkyl halides is 1. The van der Waals surface area contributed by atoms with Gasteiger partial charge in [0, 0.05) is 29.7 Å². The van der Waals surface area contributed by atoms with Crippen LogP contribution in [0, 0.1) is 0 Å². The third-order valence-corrected chi connectivity index (χ3v) is 2.62. The van der Waals surface area contributed by atoms with Gasteiger partial charge in [0.2, 0.25) is 0 Å². The molecule has 15 heavy (non-hydrogen) atoms. The maximum Gasteiger partial charge on any atom is 0.110 e. The average molecular weight is 241 g/mol. The number of H-pyrrole nitrogens is 1. The molecule has 0 aliphatic rings. The molecule has 0 radical (unpaired) electrons. The van der Waals surface area contributed by atoms with E-state index in [1.165, 1.54) is 0 Å². The normalized spacial score (nSPS) is 10.5. The second kappa shape index (κ2) is 4.69. The minimum Gasteiger partial charge on any atom is -0.348 e. The monoisotopic (exact) mass is 240 g/mol. The van der Waals surface area contributed by atoms with Crippen molar-refractivity contribution in [1.29, 1.82) is 0 Å². The van der Waals surface area contributed by atoms with Crippen molar-refractivity contribution in [2.75, 3.05) is 0 Å². The van der Waals surface area contributed by atoms with Crippen molar-refractivity contribution >= 4 is 23.2 Å². The fourth-order valence-corrected chi connectivity index (χ4v) is 1.92. The molecule has 0 saturated heterocycles.